The summed E-state index contributed by atoms with van der Waals surface area (Å²) in [6.07, 6.45) is 6.26. The fraction of sp³-hybridized carbons (Fsp3) is 0.278. The van der Waals surface area contributed by atoms with Crippen molar-refractivity contribution >= 4 is 0 Å². The summed E-state index contributed by atoms with van der Waals surface area (Å²) in [5.41, 5.74) is 7.64. The molecule has 0 bridgehead atoms. The molecule has 1 aliphatic rings. The van der Waals surface area contributed by atoms with Gasteiger partial charge in [0.25, 0.3) is 0 Å². The molecule has 0 unspecified atom stereocenters. The molecule has 1 fully saturated rings. The molecule has 122 valence electrons. The summed E-state index contributed by atoms with van der Waals surface area (Å²) in [4.78, 5) is 8.78. The molecule has 0 spiro atoms. The van der Waals surface area contributed by atoms with Gasteiger partial charge in [-0.1, -0.05) is 6.07 Å². The van der Waals surface area contributed by atoms with E-state index in [9.17, 15) is 4.39 Å². The van der Waals surface area contributed by atoms with E-state index in [-0.39, 0.29) is 17.8 Å². The lowest BCUT2D eigenvalue weighted by Gasteiger charge is -2.11. The van der Waals surface area contributed by atoms with Crippen LogP contribution in [0.15, 0.2) is 48.8 Å². The summed E-state index contributed by atoms with van der Waals surface area (Å²) in [6.45, 7) is 0. The summed E-state index contributed by atoms with van der Waals surface area (Å²) < 4.78 is 15.4. The van der Waals surface area contributed by atoms with Gasteiger partial charge in [0.05, 0.1) is 5.69 Å². The number of benzene rings is 1. The first kappa shape index (κ1) is 15.0. The Hall–Kier alpha value is -2.60. The number of pyridine rings is 1. The van der Waals surface area contributed by atoms with E-state index in [1.165, 1.54) is 12.1 Å². The highest BCUT2D eigenvalue weighted by Crippen LogP contribution is 2.34. The first-order valence-electron chi connectivity index (χ1n) is 8.09. The van der Waals surface area contributed by atoms with E-state index >= 15 is 0 Å². The zero-order chi connectivity index (χ0) is 16.5. The zero-order valence-corrected chi connectivity index (χ0v) is 13.1. The van der Waals surface area contributed by atoms with Crippen LogP contribution in [0.25, 0.3) is 17.1 Å². The van der Waals surface area contributed by atoms with Gasteiger partial charge < -0.3 is 5.73 Å². The van der Waals surface area contributed by atoms with E-state index in [0.717, 1.165) is 30.7 Å². The van der Waals surface area contributed by atoms with Crippen LogP contribution in [0.2, 0.25) is 0 Å². The van der Waals surface area contributed by atoms with Gasteiger partial charge in [0, 0.05) is 29.9 Å². The van der Waals surface area contributed by atoms with Crippen molar-refractivity contribution < 1.29 is 4.39 Å². The van der Waals surface area contributed by atoms with E-state index in [1.807, 2.05) is 18.2 Å². The number of nitrogens with two attached hydrogens (primary N) is 1. The van der Waals surface area contributed by atoms with E-state index in [0.29, 0.717) is 11.5 Å². The van der Waals surface area contributed by atoms with Crippen LogP contribution in [0.4, 0.5) is 4.39 Å². The molecule has 4 rings (SSSR count). The fourth-order valence-electron chi connectivity index (χ4n) is 3.26. The highest BCUT2D eigenvalue weighted by atomic mass is 19.1. The van der Waals surface area contributed by atoms with Gasteiger partial charge in [0.15, 0.2) is 5.82 Å². The topological polar surface area (TPSA) is 69.6 Å². The number of nitrogens with zero attached hydrogens (tertiary/aromatic N) is 4. The normalized spacial score (nSPS) is 20.4. The minimum absolute atomic E-state index is 0.192. The Morgan fingerprint density at radius 2 is 1.96 bits per heavy atom. The van der Waals surface area contributed by atoms with Gasteiger partial charge in [0.2, 0.25) is 0 Å². The summed E-state index contributed by atoms with van der Waals surface area (Å²) in [6, 6.07) is 10.4. The molecule has 0 saturated heterocycles. The molecule has 1 aliphatic carbocycles. The van der Waals surface area contributed by atoms with Gasteiger partial charge in [-0.2, -0.15) is 0 Å². The summed E-state index contributed by atoms with van der Waals surface area (Å²) >= 11 is 0. The van der Waals surface area contributed by atoms with Crippen LogP contribution in [0, 0.1) is 5.82 Å². The number of hydrogen-bond donors (Lipinski definition) is 1. The average Bonchev–Trinajstić information content (AvgIpc) is 3.22. The molecule has 2 N–H and O–H groups in total. The van der Waals surface area contributed by atoms with E-state index < -0.39 is 0 Å². The minimum atomic E-state index is -0.289. The van der Waals surface area contributed by atoms with Gasteiger partial charge in [-0.3, -0.25) is 4.98 Å². The quantitative estimate of drug-likeness (QED) is 0.804. The van der Waals surface area contributed by atoms with Gasteiger partial charge in [-0.25, -0.2) is 14.1 Å². The third-order valence-corrected chi connectivity index (χ3v) is 4.46. The van der Waals surface area contributed by atoms with Gasteiger partial charge >= 0.3 is 0 Å². The van der Waals surface area contributed by atoms with Crippen molar-refractivity contribution in [2.24, 2.45) is 5.73 Å². The second-order valence-corrected chi connectivity index (χ2v) is 6.19. The fourth-order valence-corrected chi connectivity index (χ4v) is 3.26. The Morgan fingerprint density at radius 1 is 1.12 bits per heavy atom. The molecule has 3 aromatic rings. The van der Waals surface area contributed by atoms with Crippen molar-refractivity contribution in [2.75, 3.05) is 0 Å². The van der Waals surface area contributed by atoms with Crippen molar-refractivity contribution in [1.82, 2.24) is 19.7 Å². The maximum Gasteiger partial charge on any atom is 0.181 e. The minimum Gasteiger partial charge on any atom is -0.328 e. The Bertz CT molecular complexity index is 846. The first-order valence-corrected chi connectivity index (χ1v) is 8.09. The maximum atomic E-state index is 13.7. The van der Waals surface area contributed by atoms with Crippen LogP contribution < -0.4 is 5.73 Å². The molecule has 0 radical (unpaired) electrons. The van der Waals surface area contributed by atoms with E-state index in [4.69, 9.17) is 10.7 Å². The van der Waals surface area contributed by atoms with Crippen molar-refractivity contribution in [1.29, 1.82) is 0 Å². The van der Waals surface area contributed by atoms with Crippen molar-refractivity contribution in [3.8, 4) is 17.1 Å². The van der Waals surface area contributed by atoms with Crippen LogP contribution in [0.5, 0.6) is 0 Å². The third-order valence-electron chi connectivity index (χ3n) is 4.46. The van der Waals surface area contributed by atoms with Crippen LogP contribution in [-0.4, -0.2) is 25.8 Å². The van der Waals surface area contributed by atoms with Crippen molar-refractivity contribution in [2.45, 2.75) is 31.2 Å². The third kappa shape index (κ3) is 2.80. The summed E-state index contributed by atoms with van der Waals surface area (Å²) in [5.74, 6) is 1.42. The molecular weight excluding hydrogens is 305 g/mol. The smallest absolute Gasteiger partial charge is 0.181 e. The van der Waals surface area contributed by atoms with E-state index in [1.54, 1.807) is 23.1 Å². The predicted molar refractivity (Wildman–Crippen MR) is 89.1 cm³/mol. The molecule has 1 saturated carbocycles. The average molecular weight is 323 g/mol. The standard InChI is InChI=1S/C18H18FN5/c19-14-2-1-3-16(11-14)24-18(13-4-5-15(20)10-13)22-17(23-24)12-6-8-21-9-7-12/h1-3,6-9,11,13,15H,4-5,10,20H2/t13-,15+/m1/s1. The highest BCUT2D eigenvalue weighted by molar-refractivity contribution is 5.54. The molecular formula is C18H18FN5. The molecule has 2 atom stereocenters. The summed E-state index contributed by atoms with van der Waals surface area (Å²) in [5, 5.41) is 4.63. The molecule has 1 aromatic carbocycles. The molecule has 5 nitrogen and oxygen atoms in total. The lowest BCUT2D eigenvalue weighted by atomic mass is 10.1. The number of aromatic nitrogens is 4. The maximum absolute atomic E-state index is 13.7. The first-order chi connectivity index (χ1) is 11.7. The molecule has 6 heteroatoms. The van der Waals surface area contributed by atoms with Crippen LogP contribution in [0.1, 0.15) is 31.0 Å². The van der Waals surface area contributed by atoms with Crippen LogP contribution in [-0.2, 0) is 0 Å². The van der Waals surface area contributed by atoms with Crippen LogP contribution >= 0.6 is 0 Å². The van der Waals surface area contributed by atoms with Crippen molar-refractivity contribution in [3.05, 3.63) is 60.4 Å². The highest BCUT2D eigenvalue weighted by Gasteiger charge is 2.29. The van der Waals surface area contributed by atoms with Gasteiger partial charge in [-0.05, 0) is 49.6 Å². The zero-order valence-electron chi connectivity index (χ0n) is 13.1. The Labute approximate surface area is 139 Å². The monoisotopic (exact) mass is 323 g/mol. The molecule has 24 heavy (non-hydrogen) atoms. The predicted octanol–water partition coefficient (Wildman–Crippen LogP) is 3.06. The molecule has 2 aromatic heterocycles. The van der Waals surface area contributed by atoms with Crippen molar-refractivity contribution in [3.63, 3.8) is 0 Å². The number of hydrogen-bond acceptors (Lipinski definition) is 4. The summed E-state index contributed by atoms with van der Waals surface area (Å²) in [7, 11) is 0. The molecule has 2 heterocycles. The SMILES string of the molecule is N[C@H]1CC[C@@H](c2nc(-c3ccncc3)nn2-c2cccc(F)c2)C1. The van der Waals surface area contributed by atoms with Gasteiger partial charge in [-0.15, -0.1) is 5.10 Å². The van der Waals surface area contributed by atoms with E-state index in [2.05, 4.69) is 10.1 Å². The largest absolute Gasteiger partial charge is 0.328 e. The Balaban J connectivity index is 1.82. The van der Waals surface area contributed by atoms with Crippen LogP contribution in [0.3, 0.4) is 0 Å². The molecule has 0 amide bonds. The number of rotatable bonds is 3. The molecule has 0 aliphatic heterocycles. The Morgan fingerprint density at radius 3 is 2.67 bits per heavy atom. The number of halogens is 1. The van der Waals surface area contributed by atoms with Gasteiger partial charge in [0.1, 0.15) is 11.6 Å². The lowest BCUT2D eigenvalue weighted by Crippen LogP contribution is -2.15. The second kappa shape index (κ2) is 6.13. The Kier molecular flexibility index (Phi) is 3.82. The second-order valence-electron chi connectivity index (χ2n) is 6.19. The lowest BCUT2D eigenvalue weighted by molar-refractivity contribution is 0.609.